The van der Waals surface area contributed by atoms with Crippen molar-refractivity contribution in [2.45, 2.75) is 0 Å². The molecule has 0 heterocycles. The molecule has 3 nitrogen and oxygen atoms in total. The van der Waals surface area contributed by atoms with Crippen molar-refractivity contribution >= 4 is 12.9 Å². The molecule has 0 aliphatic heterocycles. The van der Waals surface area contributed by atoms with Gasteiger partial charge in [-0.3, -0.25) is 0 Å². The monoisotopic (exact) mass is 364 g/mol. The van der Waals surface area contributed by atoms with E-state index in [0.717, 1.165) is 36.4 Å². The van der Waals surface area contributed by atoms with Crippen LogP contribution in [0.25, 0.3) is 0 Å². The van der Waals surface area contributed by atoms with E-state index in [0.29, 0.717) is 0 Å². The first-order chi connectivity index (χ1) is 11.9. The molecule has 0 N–H and O–H groups in total. The van der Waals surface area contributed by atoms with Gasteiger partial charge in [0.05, 0.1) is 5.30 Å². The molecule has 0 aliphatic carbocycles. The van der Waals surface area contributed by atoms with Gasteiger partial charge in [0.25, 0.3) is 0 Å². The topological polar surface area (TPSA) is 35.5 Å². The van der Waals surface area contributed by atoms with Crippen molar-refractivity contribution in [3.05, 3.63) is 90.2 Å². The maximum absolute atomic E-state index is 13.3. The van der Waals surface area contributed by atoms with Crippen LogP contribution in [0.5, 0.6) is 11.5 Å². The molecule has 0 radical (unpaired) electrons. The maximum atomic E-state index is 13.3. The van der Waals surface area contributed by atoms with Gasteiger partial charge in [0.2, 0.25) is 0 Å². The molecule has 0 saturated heterocycles. The second kappa shape index (κ2) is 7.03. The number of benzene rings is 3. The summed E-state index contributed by atoms with van der Waals surface area (Å²) in [5.41, 5.74) is 0. The molecule has 0 aliphatic rings. The smallest absolute Gasteiger partial charge is 0.413 e. The molecule has 0 spiro atoms. The van der Waals surface area contributed by atoms with Gasteiger partial charge in [-0.15, -0.1) is 0 Å². The highest BCUT2D eigenvalue weighted by molar-refractivity contribution is 7.63. The van der Waals surface area contributed by atoms with Gasteiger partial charge >= 0.3 is 7.60 Å². The number of rotatable bonds is 5. The molecule has 0 fully saturated rings. The Labute approximate surface area is 142 Å². The minimum absolute atomic E-state index is 0.0996. The normalized spacial score (nSPS) is 11.2. The van der Waals surface area contributed by atoms with Crippen LogP contribution in [0.4, 0.5) is 13.2 Å². The minimum Gasteiger partial charge on any atom is -0.413 e. The Morgan fingerprint density at radius 3 is 1.24 bits per heavy atom. The Morgan fingerprint density at radius 1 is 0.560 bits per heavy atom. The van der Waals surface area contributed by atoms with E-state index in [1.165, 1.54) is 36.4 Å². The Morgan fingerprint density at radius 2 is 0.880 bits per heavy atom. The fraction of sp³-hybridized carbons (Fsp3) is 0. The van der Waals surface area contributed by atoms with E-state index >= 15 is 0 Å². The van der Waals surface area contributed by atoms with Crippen molar-refractivity contribution in [3.63, 3.8) is 0 Å². The van der Waals surface area contributed by atoms with Crippen LogP contribution in [0, 0.1) is 17.5 Å². The third-order valence-corrected chi connectivity index (χ3v) is 5.05. The van der Waals surface area contributed by atoms with Crippen LogP contribution < -0.4 is 14.4 Å². The highest BCUT2D eigenvalue weighted by atomic mass is 31.2. The summed E-state index contributed by atoms with van der Waals surface area (Å²) in [6.07, 6.45) is 0. The molecule has 7 heteroatoms. The number of hydrogen-bond acceptors (Lipinski definition) is 3. The lowest BCUT2D eigenvalue weighted by Gasteiger charge is -2.20. The summed E-state index contributed by atoms with van der Waals surface area (Å²) in [7, 11) is -3.98. The Bertz CT molecular complexity index is 843. The van der Waals surface area contributed by atoms with Crippen molar-refractivity contribution in [2.24, 2.45) is 0 Å². The van der Waals surface area contributed by atoms with Gasteiger partial charge in [0, 0.05) is 0 Å². The molecule has 0 atom stereocenters. The van der Waals surface area contributed by atoms with Crippen molar-refractivity contribution in [1.82, 2.24) is 0 Å². The third kappa shape index (κ3) is 4.22. The van der Waals surface area contributed by atoms with E-state index in [9.17, 15) is 17.7 Å². The fourth-order valence-electron chi connectivity index (χ4n) is 2.02. The van der Waals surface area contributed by atoms with Crippen LogP contribution >= 0.6 is 7.60 Å². The number of halogens is 3. The van der Waals surface area contributed by atoms with Crippen molar-refractivity contribution in [3.8, 4) is 11.5 Å². The van der Waals surface area contributed by atoms with E-state index < -0.39 is 25.0 Å². The highest BCUT2D eigenvalue weighted by Gasteiger charge is 2.31. The quantitative estimate of drug-likeness (QED) is 0.592. The number of hydrogen-bond donors (Lipinski definition) is 0. The first-order valence-corrected chi connectivity index (χ1v) is 8.75. The van der Waals surface area contributed by atoms with Crippen LogP contribution in [0.2, 0.25) is 0 Å². The first-order valence-electron chi connectivity index (χ1n) is 7.21. The lowest BCUT2D eigenvalue weighted by Crippen LogP contribution is -2.14. The van der Waals surface area contributed by atoms with Gasteiger partial charge in [-0.1, -0.05) is 0 Å². The Hall–Kier alpha value is -2.72. The van der Waals surface area contributed by atoms with Gasteiger partial charge in [-0.05, 0) is 72.8 Å². The second-order valence-electron chi connectivity index (χ2n) is 5.06. The second-order valence-corrected chi connectivity index (χ2v) is 6.94. The summed E-state index contributed by atoms with van der Waals surface area (Å²) < 4.78 is 63.5. The molecule has 3 rings (SSSR count). The van der Waals surface area contributed by atoms with Gasteiger partial charge in [-0.25, -0.2) is 17.7 Å². The Balaban J connectivity index is 1.97. The van der Waals surface area contributed by atoms with E-state index in [-0.39, 0.29) is 16.8 Å². The molecular weight excluding hydrogens is 352 g/mol. The summed E-state index contributed by atoms with van der Waals surface area (Å²) in [6, 6.07) is 14.5. The average Bonchev–Trinajstić information content (AvgIpc) is 2.60. The zero-order valence-corrected chi connectivity index (χ0v) is 13.6. The lowest BCUT2D eigenvalue weighted by atomic mass is 10.3. The van der Waals surface area contributed by atoms with Crippen LogP contribution in [-0.4, -0.2) is 0 Å². The minimum atomic E-state index is -3.98. The molecule has 0 saturated carbocycles. The summed E-state index contributed by atoms with van der Waals surface area (Å²) in [5, 5.41) is 0.0996. The largest absolute Gasteiger partial charge is 0.462 e. The van der Waals surface area contributed by atoms with E-state index in [1.54, 1.807) is 0 Å². The molecular formula is C18H12F3O3P. The fourth-order valence-corrected chi connectivity index (χ4v) is 3.58. The lowest BCUT2D eigenvalue weighted by molar-refractivity contribution is 0.398. The van der Waals surface area contributed by atoms with Gasteiger partial charge in [0.15, 0.2) is 0 Å². The summed E-state index contributed by atoms with van der Waals surface area (Å²) in [6.45, 7) is 0. The van der Waals surface area contributed by atoms with Crippen LogP contribution in [0.3, 0.4) is 0 Å². The maximum Gasteiger partial charge on any atom is 0.462 e. The van der Waals surface area contributed by atoms with Gasteiger partial charge in [-0.2, -0.15) is 0 Å². The third-order valence-electron chi connectivity index (χ3n) is 3.22. The molecule has 0 unspecified atom stereocenters. The summed E-state index contributed by atoms with van der Waals surface area (Å²) in [4.78, 5) is 0. The van der Waals surface area contributed by atoms with Crippen molar-refractivity contribution in [2.75, 3.05) is 0 Å². The average molecular weight is 364 g/mol. The molecule has 0 amide bonds. The molecule has 3 aromatic rings. The van der Waals surface area contributed by atoms with E-state index in [2.05, 4.69) is 0 Å². The highest BCUT2D eigenvalue weighted by Crippen LogP contribution is 2.47. The Kier molecular flexibility index (Phi) is 4.81. The predicted octanol–water partition coefficient (Wildman–Crippen LogP) is 5.08. The zero-order chi connectivity index (χ0) is 17.9. The standard InChI is InChI=1S/C18H12F3O3P/c19-13-1-7-16(8-2-13)23-25(22,18-11-5-15(21)6-12-18)24-17-9-3-14(20)4-10-17/h1-12H. The molecule has 25 heavy (non-hydrogen) atoms. The summed E-state index contributed by atoms with van der Waals surface area (Å²) in [5.74, 6) is -1.27. The van der Waals surface area contributed by atoms with Crippen molar-refractivity contribution < 1.29 is 26.8 Å². The van der Waals surface area contributed by atoms with Gasteiger partial charge < -0.3 is 9.05 Å². The molecule has 3 aromatic carbocycles. The SMILES string of the molecule is O=P(Oc1ccc(F)cc1)(Oc1ccc(F)cc1)c1ccc(F)cc1. The van der Waals surface area contributed by atoms with Gasteiger partial charge in [0.1, 0.15) is 29.0 Å². The molecule has 0 bridgehead atoms. The molecule has 128 valence electrons. The summed E-state index contributed by atoms with van der Waals surface area (Å²) >= 11 is 0. The van der Waals surface area contributed by atoms with Crippen LogP contribution in [-0.2, 0) is 4.57 Å². The molecule has 0 aromatic heterocycles. The first kappa shape index (κ1) is 17.1. The van der Waals surface area contributed by atoms with E-state index in [4.69, 9.17) is 9.05 Å². The predicted molar refractivity (Wildman–Crippen MR) is 87.7 cm³/mol. The van der Waals surface area contributed by atoms with Crippen molar-refractivity contribution in [1.29, 1.82) is 0 Å². The van der Waals surface area contributed by atoms with Crippen LogP contribution in [0.15, 0.2) is 72.8 Å². The van der Waals surface area contributed by atoms with E-state index in [1.807, 2.05) is 0 Å². The van der Waals surface area contributed by atoms with Crippen LogP contribution in [0.1, 0.15) is 0 Å². The zero-order valence-electron chi connectivity index (χ0n) is 12.7.